The normalized spacial score (nSPS) is 19.1. The van der Waals surface area contributed by atoms with Gasteiger partial charge in [-0.05, 0) is 6.07 Å². The van der Waals surface area contributed by atoms with E-state index in [4.69, 9.17) is 19.4 Å². The lowest BCUT2D eigenvalue weighted by molar-refractivity contribution is -0.138. The lowest BCUT2D eigenvalue weighted by Crippen LogP contribution is -2.34. The molecule has 5 heteroatoms. The van der Waals surface area contributed by atoms with Crippen molar-refractivity contribution in [1.82, 2.24) is 9.97 Å². The van der Waals surface area contributed by atoms with E-state index in [0.717, 1.165) is 41.1 Å². The zero-order valence-electron chi connectivity index (χ0n) is 13.9. The minimum atomic E-state index is -0.470. The molecule has 2 saturated heterocycles. The number of para-hydroxylation sites is 1. The van der Waals surface area contributed by atoms with Gasteiger partial charge in [0.15, 0.2) is 5.79 Å². The summed E-state index contributed by atoms with van der Waals surface area (Å²) >= 11 is 0. The van der Waals surface area contributed by atoms with E-state index in [0.29, 0.717) is 19.8 Å². The van der Waals surface area contributed by atoms with E-state index >= 15 is 0 Å². The number of hydrogen-bond donors (Lipinski definition) is 0. The van der Waals surface area contributed by atoms with Crippen molar-refractivity contribution in [2.24, 2.45) is 0 Å². The van der Waals surface area contributed by atoms with Gasteiger partial charge in [-0.25, -0.2) is 9.97 Å². The fourth-order valence-electron chi connectivity index (χ4n) is 3.68. The summed E-state index contributed by atoms with van der Waals surface area (Å²) in [6.45, 7) is 2.86. The average Bonchev–Trinajstić information content (AvgIpc) is 3.32. The first-order valence-corrected chi connectivity index (χ1v) is 8.68. The van der Waals surface area contributed by atoms with Crippen molar-refractivity contribution in [3.8, 4) is 11.3 Å². The number of rotatable bonds is 2. The van der Waals surface area contributed by atoms with Gasteiger partial charge in [0.05, 0.1) is 31.0 Å². The number of ether oxygens (including phenoxy) is 2. The van der Waals surface area contributed by atoms with Gasteiger partial charge in [0.25, 0.3) is 0 Å². The van der Waals surface area contributed by atoms with E-state index in [1.807, 2.05) is 36.4 Å². The Morgan fingerprint density at radius 2 is 1.64 bits per heavy atom. The van der Waals surface area contributed by atoms with E-state index in [9.17, 15) is 0 Å². The van der Waals surface area contributed by atoms with E-state index in [1.54, 1.807) is 0 Å². The zero-order chi connectivity index (χ0) is 16.7. The molecular weight excluding hydrogens is 314 g/mol. The number of fused-ring (bicyclic) bond motifs is 1. The van der Waals surface area contributed by atoms with Crippen LogP contribution in [0.1, 0.15) is 6.42 Å². The molecule has 1 spiro atoms. The van der Waals surface area contributed by atoms with Crippen LogP contribution in [-0.4, -0.2) is 42.1 Å². The van der Waals surface area contributed by atoms with Crippen molar-refractivity contribution in [2.75, 3.05) is 31.2 Å². The smallest absolute Gasteiger partial charge is 0.226 e. The van der Waals surface area contributed by atoms with Gasteiger partial charge in [0, 0.05) is 23.9 Å². The molecule has 0 aliphatic carbocycles. The number of hydrogen-bond acceptors (Lipinski definition) is 5. The molecule has 2 aliphatic heterocycles. The van der Waals surface area contributed by atoms with Crippen LogP contribution in [0.2, 0.25) is 0 Å². The maximum Gasteiger partial charge on any atom is 0.226 e. The molecule has 5 rings (SSSR count). The Labute approximate surface area is 146 Å². The third-order valence-electron chi connectivity index (χ3n) is 4.93. The van der Waals surface area contributed by atoms with Gasteiger partial charge < -0.3 is 14.4 Å². The summed E-state index contributed by atoms with van der Waals surface area (Å²) in [5.41, 5.74) is 3.03. The zero-order valence-corrected chi connectivity index (χ0v) is 13.9. The minimum Gasteiger partial charge on any atom is -0.346 e. The highest BCUT2D eigenvalue weighted by atomic mass is 16.7. The Balaban J connectivity index is 1.60. The first-order valence-electron chi connectivity index (χ1n) is 8.68. The van der Waals surface area contributed by atoms with E-state index in [2.05, 4.69) is 23.1 Å². The molecule has 0 unspecified atom stereocenters. The molecular formula is C20H19N3O2. The number of benzene rings is 2. The second kappa shape index (κ2) is 5.79. The highest BCUT2D eigenvalue weighted by molar-refractivity contribution is 5.93. The maximum absolute atomic E-state index is 5.84. The maximum atomic E-state index is 5.84. The van der Waals surface area contributed by atoms with Crippen LogP contribution in [-0.2, 0) is 9.47 Å². The van der Waals surface area contributed by atoms with Crippen molar-refractivity contribution in [1.29, 1.82) is 0 Å². The Bertz CT molecular complexity index is 907. The third-order valence-corrected chi connectivity index (χ3v) is 4.93. The fourth-order valence-corrected chi connectivity index (χ4v) is 3.68. The standard InChI is InChI=1S/C20H19N3O2/c1-2-6-15(7-3-1)18-16-8-4-5-9-17(16)21-19(22-18)23-11-10-20(14-23)24-12-13-25-20/h1-9H,10-14H2. The molecule has 0 radical (unpaired) electrons. The molecule has 0 N–H and O–H groups in total. The quantitative estimate of drug-likeness (QED) is 0.720. The van der Waals surface area contributed by atoms with Gasteiger partial charge >= 0.3 is 0 Å². The number of anilines is 1. The molecule has 2 aromatic carbocycles. The van der Waals surface area contributed by atoms with Crippen LogP contribution < -0.4 is 4.90 Å². The van der Waals surface area contributed by atoms with Crippen LogP contribution in [0.15, 0.2) is 54.6 Å². The van der Waals surface area contributed by atoms with Gasteiger partial charge in [-0.1, -0.05) is 48.5 Å². The first-order chi connectivity index (χ1) is 12.3. The highest BCUT2D eigenvalue weighted by Crippen LogP contribution is 2.34. The highest BCUT2D eigenvalue weighted by Gasteiger charge is 2.44. The van der Waals surface area contributed by atoms with E-state index < -0.39 is 5.79 Å². The van der Waals surface area contributed by atoms with Crippen LogP contribution >= 0.6 is 0 Å². The van der Waals surface area contributed by atoms with Crippen molar-refractivity contribution in [2.45, 2.75) is 12.2 Å². The van der Waals surface area contributed by atoms with Gasteiger partial charge in [0.1, 0.15) is 0 Å². The molecule has 126 valence electrons. The molecule has 3 heterocycles. The van der Waals surface area contributed by atoms with E-state index in [-0.39, 0.29) is 0 Å². The minimum absolute atomic E-state index is 0.470. The monoisotopic (exact) mass is 333 g/mol. The molecule has 0 atom stereocenters. The number of aromatic nitrogens is 2. The van der Waals surface area contributed by atoms with Crippen LogP contribution in [0.3, 0.4) is 0 Å². The van der Waals surface area contributed by atoms with Crippen LogP contribution in [0.25, 0.3) is 22.2 Å². The Morgan fingerprint density at radius 3 is 2.48 bits per heavy atom. The largest absolute Gasteiger partial charge is 0.346 e. The Morgan fingerprint density at radius 1 is 0.880 bits per heavy atom. The van der Waals surface area contributed by atoms with Gasteiger partial charge in [-0.3, -0.25) is 0 Å². The fraction of sp³-hybridized carbons (Fsp3) is 0.300. The molecule has 2 aliphatic rings. The Kier molecular flexibility index (Phi) is 3.43. The second-order valence-electron chi connectivity index (χ2n) is 6.53. The lowest BCUT2D eigenvalue weighted by atomic mass is 10.1. The van der Waals surface area contributed by atoms with Crippen molar-refractivity contribution >= 4 is 16.9 Å². The summed E-state index contributed by atoms with van der Waals surface area (Å²) in [7, 11) is 0. The van der Waals surface area contributed by atoms with Crippen molar-refractivity contribution < 1.29 is 9.47 Å². The lowest BCUT2D eigenvalue weighted by Gasteiger charge is -2.22. The van der Waals surface area contributed by atoms with E-state index in [1.165, 1.54) is 0 Å². The van der Waals surface area contributed by atoms with Crippen molar-refractivity contribution in [3.63, 3.8) is 0 Å². The summed E-state index contributed by atoms with van der Waals surface area (Å²) in [6.07, 6.45) is 0.851. The molecule has 0 bridgehead atoms. The van der Waals surface area contributed by atoms with Crippen LogP contribution in [0.4, 0.5) is 5.95 Å². The molecule has 3 aromatic rings. The van der Waals surface area contributed by atoms with Crippen molar-refractivity contribution in [3.05, 3.63) is 54.6 Å². The Hall–Kier alpha value is -2.50. The topological polar surface area (TPSA) is 47.5 Å². The second-order valence-corrected chi connectivity index (χ2v) is 6.53. The molecule has 0 saturated carbocycles. The predicted octanol–water partition coefficient (Wildman–Crippen LogP) is 3.25. The van der Waals surface area contributed by atoms with Crippen LogP contribution in [0, 0.1) is 0 Å². The molecule has 25 heavy (non-hydrogen) atoms. The summed E-state index contributed by atoms with van der Waals surface area (Å²) in [5.74, 6) is 0.274. The summed E-state index contributed by atoms with van der Waals surface area (Å²) in [5, 5.41) is 1.07. The average molecular weight is 333 g/mol. The SMILES string of the molecule is c1ccc(-c2nc(N3CCC4(C3)OCCO4)nc3ccccc23)cc1. The third kappa shape index (κ3) is 2.56. The summed E-state index contributed by atoms with van der Waals surface area (Å²) < 4.78 is 11.7. The predicted molar refractivity (Wildman–Crippen MR) is 96.4 cm³/mol. The van der Waals surface area contributed by atoms with Gasteiger partial charge in [-0.2, -0.15) is 0 Å². The molecule has 1 aromatic heterocycles. The summed E-state index contributed by atoms with van der Waals surface area (Å²) in [4.78, 5) is 11.9. The molecule has 0 amide bonds. The molecule has 5 nitrogen and oxygen atoms in total. The van der Waals surface area contributed by atoms with Gasteiger partial charge in [0.2, 0.25) is 5.95 Å². The van der Waals surface area contributed by atoms with Crippen LogP contribution in [0.5, 0.6) is 0 Å². The molecule has 2 fully saturated rings. The number of nitrogens with zero attached hydrogens (tertiary/aromatic N) is 3. The summed E-state index contributed by atoms with van der Waals surface area (Å²) in [6, 6.07) is 18.4. The van der Waals surface area contributed by atoms with Gasteiger partial charge in [-0.15, -0.1) is 0 Å². The first kappa shape index (κ1) is 14.8.